The minimum atomic E-state index is -5.23. The molecule has 22 heteroatoms. The largest absolute Gasteiger partial charge is 0.756 e. The van der Waals surface area contributed by atoms with Crippen LogP contribution in [-0.2, 0) is 27.2 Å². The number of pyridine rings is 1. The molecule has 5 rings (SSSR count). The monoisotopic (exact) mass is 658 g/mol. The second-order valence-electron chi connectivity index (χ2n) is 9.92. The van der Waals surface area contributed by atoms with Gasteiger partial charge >= 0.3 is 0 Å². The average Bonchev–Trinajstić information content (AvgIpc) is 3.61. The number of amides is 1. The number of aliphatic hydroxyl groups excluding tert-OH is 4. The number of fused-ring (bicyclic) bond motifs is 1. The van der Waals surface area contributed by atoms with Crippen LogP contribution in [0.4, 0.5) is 5.82 Å². The smallest absolute Gasteiger partial charge is 0.272 e. The van der Waals surface area contributed by atoms with E-state index >= 15 is 0 Å². The summed E-state index contributed by atoms with van der Waals surface area (Å²) < 4.78 is 49.0. The maximum atomic E-state index is 13.0. The van der Waals surface area contributed by atoms with Crippen molar-refractivity contribution in [2.75, 3.05) is 18.9 Å². The van der Waals surface area contributed by atoms with E-state index in [2.05, 4.69) is 15.0 Å². The van der Waals surface area contributed by atoms with Crippen molar-refractivity contribution in [1.82, 2.24) is 19.5 Å². The van der Waals surface area contributed by atoms with E-state index in [4.69, 9.17) is 29.6 Å². The molecule has 0 aromatic carbocycles. The molecule has 4 heterocycles. The highest BCUT2D eigenvalue weighted by atomic mass is 31.3. The number of rotatable bonds is 11. The van der Waals surface area contributed by atoms with E-state index in [0.29, 0.717) is 0 Å². The number of phosphoric ester groups is 1. The molecule has 0 bridgehead atoms. The molecule has 10 atom stereocenters. The Morgan fingerprint density at radius 2 is 1.89 bits per heavy atom. The van der Waals surface area contributed by atoms with Crippen LogP contribution in [0.15, 0.2) is 37.2 Å². The van der Waals surface area contributed by atoms with Crippen LogP contribution in [-0.4, -0.2) is 97.2 Å². The Kier molecular flexibility index (Phi) is 9.24. The maximum absolute atomic E-state index is 13.0. The van der Waals surface area contributed by atoms with Crippen molar-refractivity contribution in [1.29, 1.82) is 0 Å². The first-order valence-corrected chi connectivity index (χ1v) is 15.3. The van der Waals surface area contributed by atoms with Crippen molar-refractivity contribution < 1.29 is 61.9 Å². The Labute approximate surface area is 249 Å². The molecule has 1 aliphatic carbocycles. The number of nitrogens with zero attached hydrogens (tertiary/aromatic N) is 5. The molecule has 10 unspecified atom stereocenters. The molecule has 3 aromatic heterocycles. The number of phosphoric acid groups is 1. The molecule has 2 aliphatic rings. The summed E-state index contributed by atoms with van der Waals surface area (Å²) in [5, 5.41) is 42.1. The maximum Gasteiger partial charge on any atom is 0.272 e. The van der Waals surface area contributed by atoms with Crippen LogP contribution < -0.4 is 20.9 Å². The lowest BCUT2D eigenvalue weighted by molar-refractivity contribution is -0.728. The Balaban J connectivity index is 1.16. The molecule has 1 amide bonds. The van der Waals surface area contributed by atoms with Crippen molar-refractivity contribution in [3.63, 3.8) is 0 Å². The Bertz CT molecular complexity index is 1630. The Morgan fingerprint density at radius 1 is 1.14 bits per heavy atom. The van der Waals surface area contributed by atoms with E-state index in [9.17, 15) is 39.2 Å². The van der Waals surface area contributed by atoms with E-state index in [1.165, 1.54) is 40.1 Å². The van der Waals surface area contributed by atoms with Gasteiger partial charge in [0.15, 0.2) is 43.6 Å². The Hall–Kier alpha value is -2.87. The summed E-state index contributed by atoms with van der Waals surface area (Å²) in [5.74, 6) is -1.46. The first-order valence-electron chi connectivity index (χ1n) is 12.7. The third-order valence-electron chi connectivity index (χ3n) is 7.22. The molecular formula is C22H31BN7O12P2-. The molecule has 0 radical (unpaired) electrons. The zero-order chi connectivity index (χ0) is 32.0. The highest BCUT2D eigenvalue weighted by Gasteiger charge is 2.48. The number of hydrogen-bond donors (Lipinski definition) is 6. The number of aromatic nitrogens is 5. The topological polar surface area (TPSA) is 292 Å². The minimum absolute atomic E-state index is 0.0719. The fourth-order valence-corrected chi connectivity index (χ4v) is 6.68. The number of carbonyl (C=O) groups excluding carboxylic acids is 1. The van der Waals surface area contributed by atoms with E-state index in [1.54, 1.807) is 6.20 Å². The summed E-state index contributed by atoms with van der Waals surface area (Å²) in [4.78, 5) is 36.0. The molecular weight excluding hydrogens is 627 g/mol. The highest BCUT2D eigenvalue weighted by molar-refractivity contribution is 7.83. The standard InChI is InChI=1S/C22H32BN7O12P2/c23-43(36,39-7-13-17(33)18(34)22(41-13)30-9-28-14-19(24)26-8-27-21(14)30)42-44(37,38)40-6-11-4-12(16(32)15(11)31)29-3-1-2-10(5-29)20(25)35/h1-3,5,8-9,11-13,15-18,22,31-34H,4,6-7H2,23H3,(H2,25,35)(H,37,38)(H2,24,26,27)/p-1. The summed E-state index contributed by atoms with van der Waals surface area (Å²) >= 11 is 0. The zero-order valence-electron chi connectivity index (χ0n) is 22.0. The number of ether oxygens (including phenoxy) is 1. The second kappa shape index (κ2) is 12.5. The first-order chi connectivity index (χ1) is 20.7. The summed E-state index contributed by atoms with van der Waals surface area (Å²) in [5.41, 5.74) is 11.7. The fourth-order valence-electron chi connectivity index (χ4n) is 5.01. The van der Waals surface area contributed by atoms with Crippen molar-refractivity contribution in [3.8, 4) is 0 Å². The molecule has 1 saturated carbocycles. The number of imidazole rings is 1. The third-order valence-corrected chi connectivity index (χ3v) is 9.38. The molecule has 44 heavy (non-hydrogen) atoms. The van der Waals surface area contributed by atoms with Gasteiger partial charge in [0, 0.05) is 18.4 Å². The summed E-state index contributed by atoms with van der Waals surface area (Å²) in [6, 6.07) is 2.30. The van der Waals surface area contributed by atoms with Crippen molar-refractivity contribution in [2.45, 2.75) is 49.2 Å². The number of aliphatic hydroxyl groups is 4. The van der Waals surface area contributed by atoms with Gasteiger partial charge in [0.25, 0.3) is 13.7 Å². The lowest BCUT2D eigenvalue weighted by atomic mass is 10.1. The van der Waals surface area contributed by atoms with E-state index < -0.39 is 90.7 Å². The SMILES string of the molecule is [BH3-]P(=O)(OCC1OC(n2cnc3c(N)ncnc32)C(O)C1O)OP(=O)([O-])OCC1CC([n+]2cccc(C(N)=O)c2)C(O)C1O. The first kappa shape index (κ1) is 32.5. The molecule has 0 spiro atoms. The number of primary amides is 1. The number of nitrogens with two attached hydrogens (primary N) is 2. The van der Waals surface area contributed by atoms with Crippen LogP contribution in [0, 0.1) is 5.92 Å². The van der Waals surface area contributed by atoms with Crippen LogP contribution in [0.3, 0.4) is 0 Å². The van der Waals surface area contributed by atoms with Crippen LogP contribution >= 0.6 is 15.3 Å². The van der Waals surface area contributed by atoms with Crippen molar-refractivity contribution in [2.24, 2.45) is 11.7 Å². The van der Waals surface area contributed by atoms with E-state index in [1.807, 2.05) is 0 Å². The summed E-state index contributed by atoms with van der Waals surface area (Å²) in [6.45, 7) is -1.19. The van der Waals surface area contributed by atoms with Gasteiger partial charge in [-0.25, -0.2) is 15.0 Å². The number of hydrogen-bond acceptors (Lipinski definition) is 16. The van der Waals surface area contributed by atoms with E-state index in [-0.39, 0.29) is 29.0 Å². The number of nitrogen functional groups attached to an aromatic ring is 1. The molecule has 2 fully saturated rings. The van der Waals surface area contributed by atoms with Crippen LogP contribution in [0.5, 0.6) is 0 Å². The van der Waals surface area contributed by atoms with Gasteiger partial charge in [0.2, 0.25) is 0 Å². The molecule has 1 aliphatic heterocycles. The highest BCUT2D eigenvalue weighted by Crippen LogP contribution is 2.58. The lowest BCUT2D eigenvalue weighted by Crippen LogP contribution is -2.45. The number of anilines is 1. The Morgan fingerprint density at radius 3 is 2.61 bits per heavy atom. The summed E-state index contributed by atoms with van der Waals surface area (Å²) in [6.07, 6.45) is -2.59. The predicted octanol–water partition coefficient (Wildman–Crippen LogP) is -3.61. The molecule has 19 nitrogen and oxygen atoms in total. The van der Waals surface area contributed by atoms with Gasteiger partial charge in [0.1, 0.15) is 41.8 Å². The van der Waals surface area contributed by atoms with Gasteiger partial charge in [-0.15, -0.1) is 0 Å². The molecule has 240 valence electrons. The van der Waals surface area contributed by atoms with Crippen LogP contribution in [0.2, 0.25) is 0 Å². The summed E-state index contributed by atoms with van der Waals surface area (Å²) in [7, 11) is -10.8. The molecule has 3 aromatic rings. The van der Waals surface area contributed by atoms with E-state index in [0.717, 1.165) is 0 Å². The minimum Gasteiger partial charge on any atom is -0.756 e. The fraction of sp³-hybridized carbons (Fsp3) is 0.500. The predicted molar refractivity (Wildman–Crippen MR) is 148 cm³/mol. The van der Waals surface area contributed by atoms with Gasteiger partial charge < -0.3 is 55.1 Å². The lowest BCUT2D eigenvalue weighted by Gasteiger charge is -2.31. The second-order valence-corrected chi connectivity index (χ2v) is 12.4. The van der Waals surface area contributed by atoms with Crippen molar-refractivity contribution >= 4 is 45.8 Å². The van der Waals surface area contributed by atoms with Gasteiger partial charge in [-0.2, -0.15) is 4.57 Å². The zero-order valence-corrected chi connectivity index (χ0v) is 23.8. The van der Waals surface area contributed by atoms with Gasteiger partial charge in [-0.05, 0) is 6.07 Å². The van der Waals surface area contributed by atoms with Crippen molar-refractivity contribution in [3.05, 3.63) is 42.7 Å². The van der Waals surface area contributed by atoms with Crippen LogP contribution in [0.25, 0.3) is 11.2 Å². The van der Waals surface area contributed by atoms with Gasteiger partial charge in [-0.3, -0.25) is 18.2 Å². The molecule has 8 N–H and O–H groups in total. The van der Waals surface area contributed by atoms with Gasteiger partial charge in [0.05, 0.1) is 33.2 Å². The normalized spacial score (nSPS) is 31.6. The number of carbonyl (C=O) groups is 1. The third kappa shape index (κ3) is 6.70. The molecule has 1 saturated heterocycles. The quantitative estimate of drug-likeness (QED) is 0.0659. The van der Waals surface area contributed by atoms with Crippen LogP contribution in [0.1, 0.15) is 29.0 Å². The average molecular weight is 658 g/mol. The van der Waals surface area contributed by atoms with Gasteiger partial charge in [-0.1, -0.05) is 0 Å².